The van der Waals surface area contributed by atoms with E-state index in [9.17, 15) is 4.79 Å². The number of nitrogens with one attached hydrogen (secondary N) is 1. The fraction of sp³-hybridized carbons (Fsp3) is 0.167. The van der Waals surface area contributed by atoms with Crippen molar-refractivity contribution in [1.29, 1.82) is 0 Å². The standard InChI is InChI=1S/C24H24N2O2SSi/c1-6-30(5)20-12-16(25-3)7-9-18(20)23(19-10-8-17(26-4)13-21(19)30)24-15(2)11-22(29-24)28-14-27/h6-14,25H,1H2,2-5H3/b26-17+. The first-order valence-corrected chi connectivity index (χ1v) is 13.1. The molecule has 2 heterocycles. The van der Waals surface area contributed by atoms with Crippen LogP contribution in [0.25, 0.3) is 5.57 Å². The summed E-state index contributed by atoms with van der Waals surface area (Å²) in [5, 5.41) is 6.51. The minimum Gasteiger partial charge on any atom is -0.418 e. The summed E-state index contributed by atoms with van der Waals surface area (Å²) in [5.74, 6) is 0. The lowest BCUT2D eigenvalue weighted by Crippen LogP contribution is -2.50. The Labute approximate surface area is 182 Å². The first kappa shape index (κ1) is 20.3. The van der Waals surface area contributed by atoms with Crippen molar-refractivity contribution in [3.05, 3.63) is 81.5 Å². The molecule has 0 amide bonds. The molecule has 4 nitrogen and oxygen atoms in total. The maximum absolute atomic E-state index is 10.9. The van der Waals surface area contributed by atoms with Crippen LogP contribution in [-0.4, -0.2) is 34.4 Å². The Morgan fingerprint density at radius 1 is 1.27 bits per heavy atom. The van der Waals surface area contributed by atoms with Gasteiger partial charge in [-0.05, 0) is 64.4 Å². The fourth-order valence-electron chi connectivity index (χ4n) is 4.23. The number of aliphatic imine (C=N–C) groups is 1. The molecule has 152 valence electrons. The highest BCUT2D eigenvalue weighted by Gasteiger charge is 2.41. The molecule has 0 saturated carbocycles. The van der Waals surface area contributed by atoms with Crippen LogP contribution in [0.2, 0.25) is 6.55 Å². The summed E-state index contributed by atoms with van der Waals surface area (Å²) in [6.45, 7) is 9.14. The Bertz CT molecular complexity index is 1190. The highest BCUT2D eigenvalue weighted by Crippen LogP contribution is 2.46. The van der Waals surface area contributed by atoms with Gasteiger partial charge in [-0.1, -0.05) is 35.7 Å². The van der Waals surface area contributed by atoms with E-state index < -0.39 is 8.07 Å². The fourth-order valence-corrected chi connectivity index (χ4v) is 8.46. The van der Waals surface area contributed by atoms with Gasteiger partial charge in [0.1, 0.15) is 8.07 Å². The second kappa shape index (κ2) is 7.70. The largest absolute Gasteiger partial charge is 0.418 e. The van der Waals surface area contributed by atoms with E-state index in [0.29, 0.717) is 11.5 Å². The first-order chi connectivity index (χ1) is 14.5. The van der Waals surface area contributed by atoms with Gasteiger partial charge in [0, 0.05) is 30.2 Å². The Morgan fingerprint density at radius 2 is 2.07 bits per heavy atom. The smallest absolute Gasteiger partial charge is 0.299 e. The molecule has 0 fully saturated rings. The number of benzene rings is 1. The number of hydrogen-bond donors (Lipinski definition) is 1. The van der Waals surface area contributed by atoms with E-state index in [-0.39, 0.29) is 0 Å². The van der Waals surface area contributed by atoms with E-state index in [1.165, 1.54) is 38.4 Å². The molecule has 4 rings (SSSR count). The number of carbonyl (C=O) groups excluding carboxylic acids is 1. The van der Waals surface area contributed by atoms with E-state index in [1.54, 1.807) is 0 Å². The summed E-state index contributed by atoms with van der Waals surface area (Å²) in [7, 11) is 1.57. The molecule has 6 heteroatoms. The zero-order valence-corrected chi connectivity index (χ0v) is 19.4. The molecule has 0 spiro atoms. The van der Waals surface area contributed by atoms with Crippen LogP contribution >= 0.6 is 11.3 Å². The van der Waals surface area contributed by atoms with Crippen molar-refractivity contribution < 1.29 is 9.53 Å². The molecule has 1 aliphatic carbocycles. The zero-order valence-electron chi connectivity index (χ0n) is 17.6. The second-order valence-electron chi connectivity index (χ2n) is 7.54. The maximum atomic E-state index is 10.9. The van der Waals surface area contributed by atoms with Crippen LogP contribution in [0.4, 0.5) is 5.69 Å². The quantitative estimate of drug-likeness (QED) is 0.556. The van der Waals surface area contributed by atoms with Gasteiger partial charge in [-0.2, -0.15) is 0 Å². The lowest BCUT2D eigenvalue weighted by Gasteiger charge is -2.38. The van der Waals surface area contributed by atoms with E-state index in [2.05, 4.69) is 72.5 Å². The van der Waals surface area contributed by atoms with Crippen molar-refractivity contribution in [2.45, 2.75) is 13.5 Å². The minimum absolute atomic E-state index is 0.485. The van der Waals surface area contributed by atoms with Gasteiger partial charge in [0.05, 0.1) is 5.71 Å². The Morgan fingerprint density at radius 3 is 2.73 bits per heavy atom. The molecule has 2 aliphatic rings. The minimum atomic E-state index is -2.19. The summed E-state index contributed by atoms with van der Waals surface area (Å²) in [4.78, 5) is 16.4. The third-order valence-corrected chi connectivity index (χ3v) is 10.9. The normalized spacial score (nSPS) is 21.1. The first-order valence-electron chi connectivity index (χ1n) is 9.75. The molecule has 30 heavy (non-hydrogen) atoms. The van der Waals surface area contributed by atoms with Gasteiger partial charge in [-0.15, -0.1) is 6.58 Å². The summed E-state index contributed by atoms with van der Waals surface area (Å²) in [5.41, 5.74) is 8.91. The van der Waals surface area contributed by atoms with E-state index in [0.717, 1.165) is 21.8 Å². The molecule has 1 aromatic carbocycles. The highest BCUT2D eigenvalue weighted by atomic mass is 32.1. The van der Waals surface area contributed by atoms with Gasteiger partial charge in [0.2, 0.25) is 0 Å². The summed E-state index contributed by atoms with van der Waals surface area (Å²) < 4.78 is 5.16. The van der Waals surface area contributed by atoms with Crippen LogP contribution in [0, 0.1) is 6.92 Å². The zero-order chi connectivity index (χ0) is 21.5. The van der Waals surface area contributed by atoms with Crippen LogP contribution in [0.15, 0.2) is 70.5 Å². The summed E-state index contributed by atoms with van der Waals surface area (Å²) in [6.07, 6.45) is 6.45. The van der Waals surface area contributed by atoms with E-state index in [4.69, 9.17) is 4.74 Å². The van der Waals surface area contributed by atoms with E-state index in [1.807, 2.05) is 20.2 Å². The third kappa shape index (κ3) is 3.04. The molecule has 0 saturated heterocycles. The average molecular weight is 433 g/mol. The van der Waals surface area contributed by atoms with Gasteiger partial charge in [0.25, 0.3) is 6.47 Å². The maximum Gasteiger partial charge on any atom is 0.299 e. The molecular weight excluding hydrogens is 408 g/mol. The predicted molar refractivity (Wildman–Crippen MR) is 130 cm³/mol. The summed E-state index contributed by atoms with van der Waals surface area (Å²) in [6, 6.07) is 8.50. The SMILES string of the molecule is C=C[Si]1(C)C2=C/C(=N/C)C=CC2=C(c2sc(OC=O)cc2C)c2ccc(NC)cc21. The number of anilines is 1. The van der Waals surface area contributed by atoms with Crippen molar-refractivity contribution in [3.63, 3.8) is 0 Å². The van der Waals surface area contributed by atoms with Gasteiger partial charge < -0.3 is 10.1 Å². The second-order valence-corrected chi connectivity index (χ2v) is 12.4. The average Bonchev–Trinajstić information content (AvgIpc) is 3.13. The number of rotatable bonds is 5. The topological polar surface area (TPSA) is 50.7 Å². The van der Waals surface area contributed by atoms with Crippen LogP contribution in [0.5, 0.6) is 5.06 Å². The van der Waals surface area contributed by atoms with Crippen molar-refractivity contribution in [3.8, 4) is 5.06 Å². The van der Waals surface area contributed by atoms with Crippen LogP contribution in [0.3, 0.4) is 0 Å². The van der Waals surface area contributed by atoms with Crippen LogP contribution in [-0.2, 0) is 4.79 Å². The number of ether oxygens (including phenoxy) is 1. The molecule has 2 aromatic rings. The van der Waals surface area contributed by atoms with Crippen molar-refractivity contribution in [2.24, 2.45) is 4.99 Å². The number of aryl methyl sites for hydroxylation is 1. The lowest BCUT2D eigenvalue weighted by molar-refractivity contribution is -0.120. The van der Waals surface area contributed by atoms with Gasteiger partial charge in [-0.3, -0.25) is 9.79 Å². The van der Waals surface area contributed by atoms with Gasteiger partial charge >= 0.3 is 0 Å². The summed E-state index contributed by atoms with van der Waals surface area (Å²) >= 11 is 1.51. The molecule has 0 radical (unpaired) electrons. The number of fused-ring (bicyclic) bond motifs is 2. The molecule has 1 unspecified atom stereocenters. The number of thiophene rings is 1. The van der Waals surface area contributed by atoms with Gasteiger partial charge in [0.15, 0.2) is 5.06 Å². The Kier molecular flexibility index (Phi) is 5.21. The van der Waals surface area contributed by atoms with Gasteiger partial charge in [-0.25, -0.2) is 0 Å². The predicted octanol–water partition coefficient (Wildman–Crippen LogP) is 4.57. The third-order valence-electron chi connectivity index (χ3n) is 5.92. The van der Waals surface area contributed by atoms with Crippen molar-refractivity contribution in [1.82, 2.24) is 0 Å². The molecular formula is C24H24N2O2SSi. The van der Waals surface area contributed by atoms with Crippen molar-refractivity contribution >= 4 is 48.0 Å². The number of carbonyl (C=O) groups is 1. The number of nitrogens with zero attached hydrogens (tertiary/aromatic N) is 1. The monoisotopic (exact) mass is 432 g/mol. The molecule has 1 aromatic heterocycles. The van der Waals surface area contributed by atoms with Crippen molar-refractivity contribution in [2.75, 3.05) is 19.4 Å². The highest BCUT2D eigenvalue weighted by molar-refractivity contribution is 7.15. The molecule has 1 atom stereocenters. The number of hydrogen-bond acceptors (Lipinski definition) is 5. The Hall–Kier alpha value is -2.96. The molecule has 1 N–H and O–H groups in total. The van der Waals surface area contributed by atoms with E-state index >= 15 is 0 Å². The molecule has 0 bridgehead atoms. The number of allylic oxidation sites excluding steroid dienone is 5. The lowest BCUT2D eigenvalue weighted by atomic mass is 9.92. The molecule has 1 aliphatic heterocycles. The van der Waals surface area contributed by atoms with Crippen LogP contribution in [0.1, 0.15) is 16.0 Å². The van der Waals surface area contributed by atoms with Crippen LogP contribution < -0.4 is 15.2 Å². The Balaban J connectivity index is 2.09.